The summed E-state index contributed by atoms with van der Waals surface area (Å²) in [5.41, 5.74) is 3.07. The first-order chi connectivity index (χ1) is 11.9. The molecule has 0 unspecified atom stereocenters. The molecule has 4 nitrogen and oxygen atoms in total. The van der Waals surface area contributed by atoms with Crippen LogP contribution >= 0.6 is 0 Å². The van der Waals surface area contributed by atoms with E-state index in [0.29, 0.717) is 11.7 Å². The van der Waals surface area contributed by atoms with E-state index in [1.165, 1.54) is 12.5 Å². The highest BCUT2D eigenvalue weighted by Crippen LogP contribution is 2.14. The molecule has 0 aromatic heterocycles. The molecule has 0 N–H and O–H groups in total. The molecule has 0 aliphatic rings. The molecule has 0 aliphatic carbocycles. The van der Waals surface area contributed by atoms with Gasteiger partial charge >= 0.3 is 11.9 Å². The van der Waals surface area contributed by atoms with Gasteiger partial charge < -0.3 is 9.47 Å². The molecule has 4 heteroatoms. The van der Waals surface area contributed by atoms with E-state index < -0.39 is 0 Å². The van der Waals surface area contributed by atoms with Crippen LogP contribution < -0.4 is 4.74 Å². The van der Waals surface area contributed by atoms with Crippen molar-refractivity contribution in [2.75, 3.05) is 0 Å². The highest BCUT2D eigenvalue weighted by molar-refractivity contribution is 5.72. The second kappa shape index (κ2) is 9.02. The molecule has 2 aromatic carbocycles. The maximum absolute atomic E-state index is 12.0. The quantitative estimate of drug-likeness (QED) is 0.562. The highest BCUT2D eigenvalue weighted by Gasteiger charge is 2.07. The van der Waals surface area contributed by atoms with E-state index in [1.807, 2.05) is 12.1 Å². The van der Waals surface area contributed by atoms with E-state index in [9.17, 15) is 9.59 Å². The average Bonchev–Trinajstić information content (AvgIpc) is 2.55. The SMILES string of the molecule is CC(=O)Oc1ccc(COC(=O)Cc2ccc(CC(C)C)cc2)cc1. The Bertz CT molecular complexity index is 700. The normalized spacial score (nSPS) is 10.6. The molecular weight excluding hydrogens is 316 g/mol. The molecule has 132 valence electrons. The van der Waals surface area contributed by atoms with Crippen LogP contribution in [0.2, 0.25) is 0 Å². The molecule has 0 radical (unpaired) electrons. The van der Waals surface area contributed by atoms with Crippen LogP contribution in [0.3, 0.4) is 0 Å². The van der Waals surface area contributed by atoms with Crippen LogP contribution in [-0.4, -0.2) is 11.9 Å². The molecule has 0 amide bonds. The van der Waals surface area contributed by atoms with Crippen molar-refractivity contribution in [1.82, 2.24) is 0 Å². The van der Waals surface area contributed by atoms with Gasteiger partial charge in [0.1, 0.15) is 12.4 Å². The minimum atomic E-state index is -0.362. The minimum Gasteiger partial charge on any atom is -0.461 e. The molecule has 0 spiro atoms. The van der Waals surface area contributed by atoms with Gasteiger partial charge in [-0.25, -0.2) is 0 Å². The molecule has 2 rings (SSSR count). The summed E-state index contributed by atoms with van der Waals surface area (Å²) in [6.07, 6.45) is 1.29. The number of hydrogen-bond donors (Lipinski definition) is 0. The Morgan fingerprint density at radius 1 is 0.880 bits per heavy atom. The molecule has 2 aromatic rings. The minimum absolute atomic E-state index is 0.199. The summed E-state index contributed by atoms with van der Waals surface area (Å²) in [5.74, 6) is 0.464. The van der Waals surface area contributed by atoms with Crippen molar-refractivity contribution in [3.8, 4) is 5.75 Å². The first kappa shape index (κ1) is 18.7. The van der Waals surface area contributed by atoms with Gasteiger partial charge in [-0.1, -0.05) is 50.2 Å². The Balaban J connectivity index is 1.81. The summed E-state index contributed by atoms with van der Waals surface area (Å²) in [4.78, 5) is 22.8. The topological polar surface area (TPSA) is 52.6 Å². The Kier molecular flexibility index (Phi) is 6.75. The van der Waals surface area contributed by atoms with Crippen LogP contribution in [0.15, 0.2) is 48.5 Å². The predicted octanol–water partition coefficient (Wildman–Crippen LogP) is 4.10. The second-order valence-electron chi connectivity index (χ2n) is 6.49. The zero-order chi connectivity index (χ0) is 18.2. The number of ether oxygens (including phenoxy) is 2. The van der Waals surface area contributed by atoms with Gasteiger partial charge in [0.15, 0.2) is 0 Å². The van der Waals surface area contributed by atoms with Gasteiger partial charge in [-0.3, -0.25) is 9.59 Å². The van der Waals surface area contributed by atoms with E-state index in [0.717, 1.165) is 17.5 Å². The maximum atomic E-state index is 12.0. The van der Waals surface area contributed by atoms with E-state index in [2.05, 4.69) is 26.0 Å². The Morgan fingerprint density at radius 3 is 2.00 bits per heavy atom. The van der Waals surface area contributed by atoms with Gasteiger partial charge in [-0.15, -0.1) is 0 Å². The van der Waals surface area contributed by atoms with Gasteiger partial charge in [0.25, 0.3) is 0 Å². The van der Waals surface area contributed by atoms with Gasteiger partial charge in [0.05, 0.1) is 6.42 Å². The van der Waals surface area contributed by atoms with Crippen molar-refractivity contribution in [2.45, 2.75) is 40.2 Å². The summed E-state index contributed by atoms with van der Waals surface area (Å²) in [6, 6.07) is 15.0. The molecule has 0 saturated carbocycles. The number of esters is 2. The third-order valence-corrected chi connectivity index (χ3v) is 3.60. The zero-order valence-electron chi connectivity index (χ0n) is 15.0. The predicted molar refractivity (Wildman–Crippen MR) is 96.2 cm³/mol. The van der Waals surface area contributed by atoms with E-state index in [1.54, 1.807) is 24.3 Å². The largest absolute Gasteiger partial charge is 0.461 e. The molecule has 0 bridgehead atoms. The monoisotopic (exact) mass is 340 g/mol. The first-order valence-corrected chi connectivity index (χ1v) is 8.43. The third-order valence-electron chi connectivity index (χ3n) is 3.60. The summed E-state index contributed by atoms with van der Waals surface area (Å²) in [6.45, 7) is 5.92. The molecule has 0 atom stereocenters. The van der Waals surface area contributed by atoms with Crippen molar-refractivity contribution < 1.29 is 19.1 Å². The lowest BCUT2D eigenvalue weighted by atomic mass is 10.0. The lowest BCUT2D eigenvalue weighted by Gasteiger charge is -2.08. The van der Waals surface area contributed by atoms with Crippen molar-refractivity contribution in [1.29, 1.82) is 0 Å². The smallest absolute Gasteiger partial charge is 0.310 e. The molecule has 0 heterocycles. The lowest BCUT2D eigenvalue weighted by molar-refractivity contribution is -0.144. The molecule has 25 heavy (non-hydrogen) atoms. The van der Waals surface area contributed by atoms with Gasteiger partial charge in [0, 0.05) is 6.92 Å². The number of carbonyl (C=O) groups excluding carboxylic acids is 2. The highest BCUT2D eigenvalue weighted by atomic mass is 16.5. The van der Waals surface area contributed by atoms with Crippen LogP contribution in [0.4, 0.5) is 0 Å². The van der Waals surface area contributed by atoms with Gasteiger partial charge in [-0.05, 0) is 41.2 Å². The first-order valence-electron chi connectivity index (χ1n) is 8.43. The van der Waals surface area contributed by atoms with Crippen LogP contribution in [0.1, 0.15) is 37.5 Å². The van der Waals surface area contributed by atoms with Crippen molar-refractivity contribution in [3.05, 3.63) is 65.2 Å². The van der Waals surface area contributed by atoms with Crippen LogP contribution in [0.25, 0.3) is 0 Å². The van der Waals surface area contributed by atoms with Crippen molar-refractivity contribution in [2.24, 2.45) is 5.92 Å². The fraction of sp³-hybridized carbons (Fsp3) is 0.333. The average molecular weight is 340 g/mol. The third kappa shape index (κ3) is 6.79. The summed E-state index contributed by atoms with van der Waals surface area (Å²) in [7, 11) is 0. The van der Waals surface area contributed by atoms with E-state index in [4.69, 9.17) is 9.47 Å². The molecular formula is C21H24O4. The fourth-order valence-electron chi connectivity index (χ4n) is 2.47. The van der Waals surface area contributed by atoms with E-state index >= 15 is 0 Å². The summed E-state index contributed by atoms with van der Waals surface area (Å²) >= 11 is 0. The van der Waals surface area contributed by atoms with Crippen LogP contribution in [-0.2, 0) is 33.8 Å². The van der Waals surface area contributed by atoms with Crippen LogP contribution in [0.5, 0.6) is 5.75 Å². The Morgan fingerprint density at radius 2 is 1.44 bits per heavy atom. The number of carbonyl (C=O) groups is 2. The fourth-order valence-corrected chi connectivity index (χ4v) is 2.47. The standard InChI is InChI=1S/C21H24O4/c1-15(2)12-17-4-6-18(7-5-17)13-21(23)24-14-19-8-10-20(11-9-19)25-16(3)22/h4-11,15H,12-14H2,1-3H3. The number of benzene rings is 2. The van der Waals surface area contributed by atoms with Crippen molar-refractivity contribution in [3.63, 3.8) is 0 Å². The Hall–Kier alpha value is -2.62. The molecule has 0 saturated heterocycles. The molecule has 0 aliphatic heterocycles. The maximum Gasteiger partial charge on any atom is 0.310 e. The summed E-state index contributed by atoms with van der Waals surface area (Å²) in [5, 5.41) is 0. The second-order valence-corrected chi connectivity index (χ2v) is 6.49. The number of hydrogen-bond acceptors (Lipinski definition) is 4. The number of rotatable bonds is 7. The van der Waals surface area contributed by atoms with Gasteiger partial charge in [-0.2, -0.15) is 0 Å². The van der Waals surface area contributed by atoms with E-state index in [-0.39, 0.29) is 25.0 Å². The van der Waals surface area contributed by atoms with Gasteiger partial charge in [0.2, 0.25) is 0 Å². The van der Waals surface area contributed by atoms with Crippen LogP contribution in [0, 0.1) is 5.92 Å². The lowest BCUT2D eigenvalue weighted by Crippen LogP contribution is -2.08. The summed E-state index contributed by atoms with van der Waals surface area (Å²) < 4.78 is 10.3. The molecule has 0 fully saturated rings. The van der Waals surface area contributed by atoms with Crippen molar-refractivity contribution >= 4 is 11.9 Å². The Labute approximate surface area is 148 Å². The zero-order valence-corrected chi connectivity index (χ0v) is 15.0.